The SMILES string of the molecule is CCOC(=O)CCN1CCN(Cc2ccccc2)C(=O)C1=O. The summed E-state index contributed by atoms with van der Waals surface area (Å²) in [6.07, 6.45) is 0.117. The molecule has 0 spiro atoms. The van der Waals surface area contributed by atoms with Crippen LogP contribution in [0.25, 0.3) is 0 Å². The first-order chi connectivity index (χ1) is 10.6. The fraction of sp³-hybridized carbons (Fsp3) is 0.438. The molecule has 2 amide bonds. The molecular weight excluding hydrogens is 284 g/mol. The smallest absolute Gasteiger partial charge is 0.312 e. The van der Waals surface area contributed by atoms with Gasteiger partial charge in [-0.2, -0.15) is 0 Å². The lowest BCUT2D eigenvalue weighted by Crippen LogP contribution is -2.54. The molecule has 1 heterocycles. The van der Waals surface area contributed by atoms with E-state index in [1.54, 1.807) is 11.8 Å². The summed E-state index contributed by atoms with van der Waals surface area (Å²) < 4.78 is 4.82. The molecule has 22 heavy (non-hydrogen) atoms. The molecule has 0 bridgehead atoms. The number of benzene rings is 1. The van der Waals surface area contributed by atoms with Crippen molar-refractivity contribution in [2.24, 2.45) is 0 Å². The van der Waals surface area contributed by atoms with Crippen LogP contribution in [0, 0.1) is 0 Å². The van der Waals surface area contributed by atoms with Crippen LogP contribution in [0.4, 0.5) is 0 Å². The van der Waals surface area contributed by atoms with Gasteiger partial charge in [0, 0.05) is 26.2 Å². The Labute approximate surface area is 129 Å². The van der Waals surface area contributed by atoms with Crippen LogP contribution >= 0.6 is 0 Å². The highest BCUT2D eigenvalue weighted by Crippen LogP contribution is 2.11. The summed E-state index contributed by atoms with van der Waals surface area (Å²) in [5.74, 6) is -1.42. The van der Waals surface area contributed by atoms with Crippen molar-refractivity contribution in [2.75, 3.05) is 26.2 Å². The number of piperazine rings is 1. The fourth-order valence-corrected chi connectivity index (χ4v) is 2.34. The minimum atomic E-state index is -0.550. The van der Waals surface area contributed by atoms with Crippen LogP contribution in [0.3, 0.4) is 0 Å². The first-order valence-electron chi connectivity index (χ1n) is 7.39. The molecule has 6 heteroatoms. The van der Waals surface area contributed by atoms with Crippen molar-refractivity contribution in [3.8, 4) is 0 Å². The minimum absolute atomic E-state index is 0.117. The molecule has 0 aromatic heterocycles. The molecule has 0 N–H and O–H groups in total. The third kappa shape index (κ3) is 4.07. The molecule has 1 saturated heterocycles. The first kappa shape index (κ1) is 16.0. The number of amides is 2. The quantitative estimate of drug-likeness (QED) is 0.576. The number of nitrogens with zero attached hydrogens (tertiary/aromatic N) is 2. The van der Waals surface area contributed by atoms with Gasteiger partial charge >= 0.3 is 17.8 Å². The van der Waals surface area contributed by atoms with E-state index in [2.05, 4.69) is 0 Å². The maximum absolute atomic E-state index is 12.1. The van der Waals surface area contributed by atoms with Crippen molar-refractivity contribution in [3.05, 3.63) is 35.9 Å². The third-order valence-electron chi connectivity index (χ3n) is 3.50. The Bertz CT molecular complexity index is 544. The molecule has 1 aliphatic rings. The van der Waals surface area contributed by atoms with Crippen LogP contribution in [0.15, 0.2) is 30.3 Å². The van der Waals surface area contributed by atoms with Crippen molar-refractivity contribution in [2.45, 2.75) is 19.9 Å². The summed E-state index contributed by atoms with van der Waals surface area (Å²) in [6, 6.07) is 9.55. The van der Waals surface area contributed by atoms with Crippen molar-refractivity contribution in [3.63, 3.8) is 0 Å². The maximum atomic E-state index is 12.1. The van der Waals surface area contributed by atoms with Crippen molar-refractivity contribution in [1.82, 2.24) is 9.80 Å². The van der Waals surface area contributed by atoms with E-state index in [1.165, 1.54) is 4.90 Å². The van der Waals surface area contributed by atoms with Crippen LogP contribution < -0.4 is 0 Å². The van der Waals surface area contributed by atoms with E-state index in [9.17, 15) is 14.4 Å². The molecule has 6 nitrogen and oxygen atoms in total. The van der Waals surface area contributed by atoms with Gasteiger partial charge in [-0.3, -0.25) is 14.4 Å². The van der Waals surface area contributed by atoms with Gasteiger partial charge in [0.1, 0.15) is 0 Å². The highest BCUT2D eigenvalue weighted by molar-refractivity contribution is 6.35. The van der Waals surface area contributed by atoms with Crippen molar-refractivity contribution >= 4 is 17.8 Å². The van der Waals surface area contributed by atoms with Crippen LogP contribution in [-0.2, 0) is 25.7 Å². The molecule has 1 aromatic rings. The van der Waals surface area contributed by atoms with E-state index in [1.807, 2.05) is 30.3 Å². The molecule has 0 aliphatic carbocycles. The summed E-state index contributed by atoms with van der Waals surface area (Å²) in [7, 11) is 0. The fourth-order valence-electron chi connectivity index (χ4n) is 2.34. The number of carbonyl (C=O) groups is 3. The Morgan fingerprint density at radius 1 is 1.09 bits per heavy atom. The average Bonchev–Trinajstić information content (AvgIpc) is 2.52. The van der Waals surface area contributed by atoms with E-state index < -0.39 is 11.8 Å². The zero-order valence-corrected chi connectivity index (χ0v) is 12.7. The van der Waals surface area contributed by atoms with E-state index in [0.29, 0.717) is 26.2 Å². The lowest BCUT2D eigenvalue weighted by molar-refractivity contribution is -0.157. The number of carbonyl (C=O) groups excluding carboxylic acids is 3. The van der Waals surface area contributed by atoms with Gasteiger partial charge in [-0.15, -0.1) is 0 Å². The Morgan fingerprint density at radius 2 is 1.73 bits per heavy atom. The van der Waals surface area contributed by atoms with Crippen molar-refractivity contribution < 1.29 is 19.1 Å². The van der Waals surface area contributed by atoms with Gasteiger partial charge in [0.15, 0.2) is 0 Å². The van der Waals surface area contributed by atoms with Gasteiger partial charge in [-0.25, -0.2) is 0 Å². The van der Waals surface area contributed by atoms with Crippen LogP contribution in [0.2, 0.25) is 0 Å². The standard InChI is InChI=1S/C16H20N2O4/c1-2-22-14(19)8-9-17-10-11-18(16(21)15(17)20)12-13-6-4-3-5-7-13/h3-7H,2,8-12H2,1H3. The lowest BCUT2D eigenvalue weighted by atomic mass is 10.2. The van der Waals surface area contributed by atoms with E-state index >= 15 is 0 Å². The van der Waals surface area contributed by atoms with E-state index in [4.69, 9.17) is 4.74 Å². The number of hydrogen-bond donors (Lipinski definition) is 0. The van der Waals surface area contributed by atoms with E-state index in [0.717, 1.165) is 5.56 Å². The summed E-state index contributed by atoms with van der Waals surface area (Å²) in [6.45, 7) is 3.62. The molecule has 1 aromatic carbocycles. The zero-order chi connectivity index (χ0) is 15.9. The van der Waals surface area contributed by atoms with Gasteiger partial charge in [-0.05, 0) is 12.5 Å². The molecule has 1 aliphatic heterocycles. The second kappa shape index (κ2) is 7.59. The Kier molecular flexibility index (Phi) is 5.52. The molecule has 1 fully saturated rings. The number of ether oxygens (including phenoxy) is 1. The highest BCUT2D eigenvalue weighted by atomic mass is 16.5. The Hall–Kier alpha value is -2.37. The van der Waals surface area contributed by atoms with Gasteiger partial charge in [0.05, 0.1) is 13.0 Å². The molecule has 0 saturated carbocycles. The molecule has 0 atom stereocenters. The first-order valence-corrected chi connectivity index (χ1v) is 7.39. The number of esters is 1. The van der Waals surface area contributed by atoms with Gasteiger partial charge < -0.3 is 14.5 Å². The van der Waals surface area contributed by atoms with Crippen LogP contribution in [0.5, 0.6) is 0 Å². The topological polar surface area (TPSA) is 66.9 Å². The third-order valence-corrected chi connectivity index (χ3v) is 3.50. The molecule has 118 valence electrons. The molecular formula is C16H20N2O4. The highest BCUT2D eigenvalue weighted by Gasteiger charge is 2.32. The van der Waals surface area contributed by atoms with Gasteiger partial charge in [0.2, 0.25) is 0 Å². The van der Waals surface area contributed by atoms with Crippen LogP contribution in [0.1, 0.15) is 18.9 Å². The van der Waals surface area contributed by atoms with Crippen LogP contribution in [-0.4, -0.2) is 53.8 Å². The maximum Gasteiger partial charge on any atom is 0.312 e. The lowest BCUT2D eigenvalue weighted by Gasteiger charge is -2.33. The van der Waals surface area contributed by atoms with Gasteiger partial charge in [-0.1, -0.05) is 30.3 Å². The number of rotatable bonds is 6. The molecule has 0 radical (unpaired) electrons. The zero-order valence-electron chi connectivity index (χ0n) is 12.7. The Balaban J connectivity index is 1.88. The predicted molar refractivity (Wildman–Crippen MR) is 79.7 cm³/mol. The van der Waals surface area contributed by atoms with Gasteiger partial charge in [0.25, 0.3) is 0 Å². The summed E-state index contributed by atoms with van der Waals surface area (Å²) >= 11 is 0. The largest absolute Gasteiger partial charge is 0.466 e. The molecule has 2 rings (SSSR count). The predicted octanol–water partition coefficient (Wildman–Crippen LogP) is 0.811. The monoisotopic (exact) mass is 304 g/mol. The second-order valence-corrected chi connectivity index (χ2v) is 5.06. The minimum Gasteiger partial charge on any atom is -0.466 e. The summed E-state index contributed by atoms with van der Waals surface area (Å²) in [5.41, 5.74) is 0.989. The van der Waals surface area contributed by atoms with E-state index in [-0.39, 0.29) is 18.9 Å². The second-order valence-electron chi connectivity index (χ2n) is 5.06. The Morgan fingerprint density at radius 3 is 2.41 bits per heavy atom. The summed E-state index contributed by atoms with van der Waals surface area (Å²) in [5, 5.41) is 0. The normalized spacial score (nSPS) is 15.1. The van der Waals surface area contributed by atoms with Crippen molar-refractivity contribution in [1.29, 1.82) is 0 Å². The summed E-state index contributed by atoms with van der Waals surface area (Å²) in [4.78, 5) is 38.5. The number of hydrogen-bond acceptors (Lipinski definition) is 4. The molecule has 0 unspecified atom stereocenters. The average molecular weight is 304 g/mol.